The second-order valence-corrected chi connectivity index (χ2v) is 3.96. The second kappa shape index (κ2) is 5.35. The first kappa shape index (κ1) is 12.8. The molecule has 0 atom stereocenters. The third-order valence-corrected chi connectivity index (χ3v) is 2.55. The summed E-state index contributed by atoms with van der Waals surface area (Å²) in [5.41, 5.74) is 6.82. The van der Waals surface area contributed by atoms with Crippen molar-refractivity contribution in [2.24, 2.45) is 5.73 Å². The van der Waals surface area contributed by atoms with Crippen molar-refractivity contribution >= 4 is 12.0 Å². The molecule has 2 aromatic carbocycles. The number of nitrogens with two attached hydrogens (primary N) is 1. The highest BCUT2D eigenvalue weighted by molar-refractivity contribution is 5.74. The molecule has 0 amide bonds. The van der Waals surface area contributed by atoms with Crippen LogP contribution in [-0.4, -0.2) is 6.29 Å². The zero-order valence-electron chi connectivity index (χ0n) is 10.1. The van der Waals surface area contributed by atoms with Crippen molar-refractivity contribution in [2.75, 3.05) is 0 Å². The van der Waals surface area contributed by atoms with Crippen molar-refractivity contribution in [3.8, 4) is 11.5 Å². The lowest BCUT2D eigenvalue weighted by Crippen LogP contribution is -1.96. The fourth-order valence-electron chi connectivity index (χ4n) is 1.52. The van der Waals surface area contributed by atoms with Crippen molar-refractivity contribution in [3.63, 3.8) is 0 Å². The fourth-order valence-corrected chi connectivity index (χ4v) is 1.52. The minimum Gasteiger partial charge on any atom is -0.454 e. The molecule has 3 nitrogen and oxygen atoms in total. The molecule has 0 heterocycles. The Balaban J connectivity index is 2.22. The standard InChI is InChI=1S/C15H12FNO2/c1-10(17)12-4-7-15(14(16)8-12)19-13-5-2-11(9-18)3-6-13/h2-9H,1,17H2. The van der Waals surface area contributed by atoms with E-state index in [0.717, 1.165) is 6.29 Å². The molecule has 0 fully saturated rings. The molecule has 0 saturated carbocycles. The number of ether oxygens (including phenoxy) is 1. The van der Waals surface area contributed by atoms with Crippen LogP contribution in [0.2, 0.25) is 0 Å². The Morgan fingerprint density at radius 2 is 1.89 bits per heavy atom. The number of halogens is 1. The summed E-state index contributed by atoms with van der Waals surface area (Å²) in [6, 6.07) is 10.7. The first-order chi connectivity index (χ1) is 9.10. The molecule has 0 spiro atoms. The number of hydrogen-bond acceptors (Lipinski definition) is 3. The van der Waals surface area contributed by atoms with E-state index in [1.807, 2.05) is 0 Å². The highest BCUT2D eigenvalue weighted by Crippen LogP contribution is 2.26. The lowest BCUT2D eigenvalue weighted by molar-refractivity contribution is 0.112. The summed E-state index contributed by atoms with van der Waals surface area (Å²) in [5.74, 6) is 0.0104. The Morgan fingerprint density at radius 3 is 2.42 bits per heavy atom. The number of carbonyl (C=O) groups is 1. The van der Waals surface area contributed by atoms with E-state index in [9.17, 15) is 9.18 Å². The highest BCUT2D eigenvalue weighted by Gasteiger charge is 2.06. The number of hydrogen-bond donors (Lipinski definition) is 1. The summed E-state index contributed by atoms with van der Waals surface area (Å²) in [6.07, 6.45) is 0.728. The van der Waals surface area contributed by atoms with Gasteiger partial charge < -0.3 is 10.5 Å². The first-order valence-corrected chi connectivity index (χ1v) is 5.57. The Labute approximate surface area is 110 Å². The summed E-state index contributed by atoms with van der Waals surface area (Å²) in [5, 5.41) is 0. The van der Waals surface area contributed by atoms with Gasteiger partial charge in [0.05, 0.1) is 0 Å². The largest absolute Gasteiger partial charge is 0.454 e. The Morgan fingerprint density at radius 1 is 1.21 bits per heavy atom. The van der Waals surface area contributed by atoms with Gasteiger partial charge in [-0.25, -0.2) is 4.39 Å². The topological polar surface area (TPSA) is 52.3 Å². The van der Waals surface area contributed by atoms with E-state index in [1.165, 1.54) is 12.1 Å². The molecule has 96 valence electrons. The zero-order chi connectivity index (χ0) is 13.8. The van der Waals surface area contributed by atoms with Crippen LogP contribution in [0, 0.1) is 5.82 Å². The van der Waals surface area contributed by atoms with Gasteiger partial charge in [0.15, 0.2) is 11.6 Å². The second-order valence-electron chi connectivity index (χ2n) is 3.96. The lowest BCUT2D eigenvalue weighted by atomic mass is 10.1. The molecule has 2 rings (SSSR count). The molecule has 2 aromatic rings. The predicted octanol–water partition coefficient (Wildman–Crippen LogP) is 3.36. The van der Waals surface area contributed by atoms with Gasteiger partial charge in [0.2, 0.25) is 0 Å². The summed E-state index contributed by atoms with van der Waals surface area (Å²) < 4.78 is 19.1. The molecule has 0 aliphatic rings. The number of aldehydes is 1. The van der Waals surface area contributed by atoms with Crippen LogP contribution in [0.3, 0.4) is 0 Å². The van der Waals surface area contributed by atoms with Gasteiger partial charge in [0.25, 0.3) is 0 Å². The molecule has 0 aliphatic heterocycles. The number of benzene rings is 2. The van der Waals surface area contributed by atoms with E-state index in [4.69, 9.17) is 10.5 Å². The Kier molecular flexibility index (Phi) is 3.61. The predicted molar refractivity (Wildman–Crippen MR) is 71.5 cm³/mol. The quantitative estimate of drug-likeness (QED) is 0.854. The van der Waals surface area contributed by atoms with E-state index >= 15 is 0 Å². The van der Waals surface area contributed by atoms with E-state index in [0.29, 0.717) is 22.6 Å². The van der Waals surface area contributed by atoms with Gasteiger partial charge in [-0.05, 0) is 48.0 Å². The molecular weight excluding hydrogens is 245 g/mol. The van der Waals surface area contributed by atoms with Crippen molar-refractivity contribution in [1.29, 1.82) is 0 Å². The molecule has 0 radical (unpaired) electrons. The first-order valence-electron chi connectivity index (χ1n) is 5.57. The van der Waals surface area contributed by atoms with Crippen LogP contribution >= 0.6 is 0 Å². The maximum absolute atomic E-state index is 13.8. The van der Waals surface area contributed by atoms with E-state index in [-0.39, 0.29) is 5.75 Å². The molecule has 0 unspecified atom stereocenters. The SMILES string of the molecule is C=C(N)c1ccc(Oc2ccc(C=O)cc2)c(F)c1. The van der Waals surface area contributed by atoms with Crippen molar-refractivity contribution in [1.82, 2.24) is 0 Å². The van der Waals surface area contributed by atoms with Crippen LogP contribution in [0.25, 0.3) is 5.70 Å². The van der Waals surface area contributed by atoms with Crippen molar-refractivity contribution in [3.05, 3.63) is 66.0 Å². The Bertz CT molecular complexity index is 621. The van der Waals surface area contributed by atoms with Crippen LogP contribution < -0.4 is 10.5 Å². The van der Waals surface area contributed by atoms with E-state index < -0.39 is 5.82 Å². The van der Waals surface area contributed by atoms with Crippen LogP contribution in [0.1, 0.15) is 15.9 Å². The average molecular weight is 257 g/mol. The van der Waals surface area contributed by atoms with Crippen LogP contribution in [-0.2, 0) is 0 Å². The zero-order valence-corrected chi connectivity index (χ0v) is 10.1. The van der Waals surface area contributed by atoms with Crippen molar-refractivity contribution in [2.45, 2.75) is 0 Å². The molecule has 0 bridgehead atoms. The van der Waals surface area contributed by atoms with Crippen LogP contribution in [0.15, 0.2) is 49.0 Å². The van der Waals surface area contributed by atoms with Crippen LogP contribution in [0.4, 0.5) is 4.39 Å². The van der Waals surface area contributed by atoms with E-state index in [2.05, 4.69) is 6.58 Å². The molecule has 0 saturated heterocycles. The maximum Gasteiger partial charge on any atom is 0.166 e. The molecular formula is C15H12FNO2. The molecule has 0 aliphatic carbocycles. The minimum absolute atomic E-state index is 0.0869. The smallest absolute Gasteiger partial charge is 0.166 e. The minimum atomic E-state index is -0.524. The maximum atomic E-state index is 13.8. The van der Waals surface area contributed by atoms with Gasteiger partial charge in [-0.2, -0.15) is 0 Å². The summed E-state index contributed by atoms with van der Waals surface area (Å²) >= 11 is 0. The highest BCUT2D eigenvalue weighted by atomic mass is 19.1. The van der Waals surface area contributed by atoms with E-state index in [1.54, 1.807) is 30.3 Å². The van der Waals surface area contributed by atoms with Crippen molar-refractivity contribution < 1.29 is 13.9 Å². The third kappa shape index (κ3) is 2.98. The third-order valence-electron chi connectivity index (χ3n) is 2.55. The average Bonchev–Trinajstić information content (AvgIpc) is 2.41. The lowest BCUT2D eigenvalue weighted by Gasteiger charge is -2.08. The normalized spacial score (nSPS) is 9.95. The summed E-state index contributed by atoms with van der Waals surface area (Å²) in [7, 11) is 0. The number of rotatable bonds is 4. The summed E-state index contributed by atoms with van der Waals surface area (Å²) in [4.78, 5) is 10.5. The van der Waals surface area contributed by atoms with Gasteiger partial charge in [-0.1, -0.05) is 6.58 Å². The van der Waals surface area contributed by atoms with Crippen LogP contribution in [0.5, 0.6) is 11.5 Å². The van der Waals surface area contributed by atoms with Gasteiger partial charge in [0.1, 0.15) is 12.0 Å². The van der Waals surface area contributed by atoms with Gasteiger partial charge >= 0.3 is 0 Å². The monoisotopic (exact) mass is 257 g/mol. The summed E-state index contributed by atoms with van der Waals surface area (Å²) in [6.45, 7) is 3.54. The van der Waals surface area contributed by atoms with Gasteiger partial charge in [-0.3, -0.25) is 4.79 Å². The fraction of sp³-hybridized carbons (Fsp3) is 0. The molecule has 19 heavy (non-hydrogen) atoms. The van der Waals surface area contributed by atoms with Gasteiger partial charge in [-0.15, -0.1) is 0 Å². The molecule has 2 N–H and O–H groups in total. The molecule has 4 heteroatoms. The number of carbonyl (C=O) groups excluding carboxylic acids is 1. The molecule has 0 aromatic heterocycles. The Hall–Kier alpha value is -2.62. The van der Waals surface area contributed by atoms with Gasteiger partial charge in [0, 0.05) is 11.3 Å².